The maximum absolute atomic E-state index is 12.7. The Morgan fingerprint density at radius 2 is 1.71 bits per heavy atom. The minimum atomic E-state index is -0.114. The van der Waals surface area contributed by atoms with Crippen LogP contribution in [0.25, 0.3) is 0 Å². The summed E-state index contributed by atoms with van der Waals surface area (Å²) in [6, 6.07) is 18.3. The number of rotatable bonds is 7. The fourth-order valence-electron chi connectivity index (χ4n) is 4.13. The molecule has 1 amide bonds. The molecular weight excluding hydrogens is 346 g/mol. The zero-order chi connectivity index (χ0) is 19.9. The van der Waals surface area contributed by atoms with Crippen LogP contribution in [0.3, 0.4) is 0 Å². The zero-order valence-electron chi connectivity index (χ0n) is 17.4. The molecule has 1 heterocycles. The molecule has 28 heavy (non-hydrogen) atoms. The maximum atomic E-state index is 12.7. The molecule has 0 spiro atoms. The number of hydrogen-bond donors (Lipinski definition) is 1. The number of anilines is 2. The lowest BCUT2D eigenvalue weighted by Gasteiger charge is -2.34. The molecule has 2 aromatic carbocycles. The van der Waals surface area contributed by atoms with E-state index in [1.54, 1.807) is 0 Å². The van der Waals surface area contributed by atoms with Gasteiger partial charge in [-0.15, -0.1) is 0 Å². The summed E-state index contributed by atoms with van der Waals surface area (Å²) in [6.45, 7) is 5.45. The van der Waals surface area contributed by atoms with Gasteiger partial charge in [0.25, 0.3) is 0 Å². The van der Waals surface area contributed by atoms with Gasteiger partial charge in [-0.3, -0.25) is 4.79 Å². The third-order valence-corrected chi connectivity index (χ3v) is 5.66. The number of nitrogens with one attached hydrogen (secondary N) is 1. The highest BCUT2D eigenvalue weighted by Gasteiger charge is 2.21. The number of benzene rings is 2. The maximum Gasteiger partial charge on any atom is 0.231 e. The minimum Gasteiger partial charge on any atom is -0.372 e. The number of hydrogen-bond acceptors (Lipinski definition) is 3. The Kier molecular flexibility index (Phi) is 7.10. The number of carbonyl (C=O) groups is 1. The van der Waals surface area contributed by atoms with E-state index in [9.17, 15) is 4.79 Å². The largest absolute Gasteiger partial charge is 0.372 e. The number of piperidine rings is 1. The normalized spacial score (nSPS) is 16.2. The van der Waals surface area contributed by atoms with E-state index in [0.717, 1.165) is 36.7 Å². The van der Waals surface area contributed by atoms with Gasteiger partial charge in [-0.1, -0.05) is 37.3 Å². The highest BCUT2D eigenvalue weighted by Crippen LogP contribution is 2.26. The standard InChI is InChI=1S/C24H33N3O/c1-4-23(20-8-6-5-7-9-20)24(28)25-21-10-12-22(13-11-21)27-16-14-19(15-17-27)18-26(2)3/h5-13,19,23H,4,14-18H2,1-3H3,(H,25,28). The molecule has 1 aliphatic heterocycles. The van der Waals surface area contributed by atoms with E-state index in [2.05, 4.69) is 48.3 Å². The number of nitrogens with zero attached hydrogens (tertiary/aromatic N) is 2. The summed E-state index contributed by atoms with van der Waals surface area (Å²) < 4.78 is 0. The van der Waals surface area contributed by atoms with Crippen molar-refractivity contribution in [2.75, 3.05) is 43.9 Å². The molecule has 0 aliphatic carbocycles. The Hall–Kier alpha value is -2.33. The lowest BCUT2D eigenvalue weighted by atomic mass is 9.95. The van der Waals surface area contributed by atoms with Crippen LogP contribution in [0.1, 0.15) is 37.7 Å². The van der Waals surface area contributed by atoms with Crippen LogP contribution in [0.15, 0.2) is 54.6 Å². The first kappa shape index (κ1) is 20.4. The van der Waals surface area contributed by atoms with Crippen molar-refractivity contribution in [3.63, 3.8) is 0 Å². The molecule has 1 atom stereocenters. The van der Waals surface area contributed by atoms with Crippen LogP contribution in [0.4, 0.5) is 11.4 Å². The average molecular weight is 380 g/mol. The van der Waals surface area contributed by atoms with Gasteiger partial charge in [0.2, 0.25) is 5.91 Å². The molecule has 1 aliphatic rings. The summed E-state index contributed by atoms with van der Waals surface area (Å²) in [5.41, 5.74) is 3.18. The molecular formula is C24H33N3O. The smallest absolute Gasteiger partial charge is 0.231 e. The quantitative estimate of drug-likeness (QED) is 0.764. The molecule has 0 saturated carbocycles. The summed E-state index contributed by atoms with van der Waals surface area (Å²) in [5.74, 6) is 0.747. The second-order valence-electron chi connectivity index (χ2n) is 8.10. The van der Waals surface area contributed by atoms with Gasteiger partial charge in [-0.05, 0) is 69.1 Å². The topological polar surface area (TPSA) is 35.6 Å². The van der Waals surface area contributed by atoms with Gasteiger partial charge in [-0.2, -0.15) is 0 Å². The van der Waals surface area contributed by atoms with Crippen molar-refractivity contribution in [1.82, 2.24) is 4.90 Å². The van der Waals surface area contributed by atoms with Crippen molar-refractivity contribution in [2.45, 2.75) is 32.1 Å². The van der Waals surface area contributed by atoms with E-state index in [0.29, 0.717) is 0 Å². The van der Waals surface area contributed by atoms with Gasteiger partial charge in [0.05, 0.1) is 5.92 Å². The van der Waals surface area contributed by atoms with E-state index < -0.39 is 0 Å². The molecule has 1 saturated heterocycles. The number of amides is 1. The third kappa shape index (κ3) is 5.35. The highest BCUT2D eigenvalue weighted by atomic mass is 16.1. The summed E-state index contributed by atoms with van der Waals surface area (Å²) >= 11 is 0. The molecule has 1 unspecified atom stereocenters. The summed E-state index contributed by atoms with van der Waals surface area (Å²) in [4.78, 5) is 17.5. The number of carbonyl (C=O) groups excluding carboxylic acids is 1. The SMILES string of the molecule is CCC(C(=O)Nc1ccc(N2CCC(CN(C)C)CC2)cc1)c1ccccc1. The van der Waals surface area contributed by atoms with E-state index in [-0.39, 0.29) is 11.8 Å². The Morgan fingerprint density at radius 1 is 1.07 bits per heavy atom. The van der Waals surface area contributed by atoms with Gasteiger partial charge in [0.15, 0.2) is 0 Å². The van der Waals surface area contributed by atoms with Crippen LogP contribution in [-0.4, -0.2) is 44.5 Å². The van der Waals surface area contributed by atoms with Crippen LogP contribution in [0.2, 0.25) is 0 Å². The van der Waals surface area contributed by atoms with Crippen LogP contribution in [-0.2, 0) is 4.79 Å². The van der Waals surface area contributed by atoms with E-state index in [1.807, 2.05) is 42.5 Å². The van der Waals surface area contributed by atoms with Crippen LogP contribution in [0.5, 0.6) is 0 Å². The molecule has 4 nitrogen and oxygen atoms in total. The highest BCUT2D eigenvalue weighted by molar-refractivity contribution is 5.95. The van der Waals surface area contributed by atoms with E-state index in [4.69, 9.17) is 0 Å². The molecule has 1 N–H and O–H groups in total. The second kappa shape index (κ2) is 9.74. The molecule has 1 fully saturated rings. The van der Waals surface area contributed by atoms with Crippen molar-refractivity contribution in [3.8, 4) is 0 Å². The summed E-state index contributed by atoms with van der Waals surface area (Å²) in [7, 11) is 4.31. The van der Waals surface area contributed by atoms with Gasteiger partial charge >= 0.3 is 0 Å². The average Bonchev–Trinajstić information content (AvgIpc) is 2.70. The van der Waals surface area contributed by atoms with Crippen molar-refractivity contribution in [1.29, 1.82) is 0 Å². The minimum absolute atomic E-state index is 0.0611. The van der Waals surface area contributed by atoms with Crippen molar-refractivity contribution >= 4 is 17.3 Å². The van der Waals surface area contributed by atoms with E-state index >= 15 is 0 Å². The molecule has 150 valence electrons. The second-order valence-corrected chi connectivity index (χ2v) is 8.10. The van der Waals surface area contributed by atoms with Crippen LogP contribution < -0.4 is 10.2 Å². The van der Waals surface area contributed by atoms with E-state index in [1.165, 1.54) is 25.1 Å². The molecule has 3 rings (SSSR count). The monoisotopic (exact) mass is 379 g/mol. The lowest BCUT2D eigenvalue weighted by molar-refractivity contribution is -0.117. The van der Waals surface area contributed by atoms with Crippen molar-refractivity contribution < 1.29 is 4.79 Å². The lowest BCUT2D eigenvalue weighted by Crippen LogP contribution is -2.37. The Labute approximate surface area is 169 Å². The Morgan fingerprint density at radius 3 is 2.29 bits per heavy atom. The molecule has 2 aromatic rings. The summed E-state index contributed by atoms with van der Waals surface area (Å²) in [5, 5.41) is 3.09. The predicted molar refractivity (Wildman–Crippen MR) is 118 cm³/mol. The van der Waals surface area contributed by atoms with Gasteiger partial charge in [0, 0.05) is 31.0 Å². The molecule has 0 radical (unpaired) electrons. The van der Waals surface area contributed by atoms with Crippen molar-refractivity contribution in [2.24, 2.45) is 5.92 Å². The summed E-state index contributed by atoms with van der Waals surface area (Å²) in [6.07, 6.45) is 3.27. The first-order valence-electron chi connectivity index (χ1n) is 10.4. The molecule has 4 heteroatoms. The Balaban J connectivity index is 1.56. The van der Waals surface area contributed by atoms with Gasteiger partial charge in [0.1, 0.15) is 0 Å². The van der Waals surface area contributed by atoms with Crippen LogP contribution >= 0.6 is 0 Å². The fourth-order valence-corrected chi connectivity index (χ4v) is 4.13. The first-order chi connectivity index (χ1) is 13.6. The zero-order valence-corrected chi connectivity index (χ0v) is 17.4. The molecule has 0 aromatic heterocycles. The predicted octanol–water partition coefficient (Wildman–Crippen LogP) is 4.60. The fraction of sp³-hybridized carbons (Fsp3) is 0.458. The van der Waals surface area contributed by atoms with Gasteiger partial charge < -0.3 is 15.1 Å². The first-order valence-corrected chi connectivity index (χ1v) is 10.4. The van der Waals surface area contributed by atoms with Gasteiger partial charge in [-0.25, -0.2) is 0 Å². The Bertz CT molecular complexity index is 734. The van der Waals surface area contributed by atoms with Crippen LogP contribution in [0, 0.1) is 5.92 Å². The van der Waals surface area contributed by atoms with Crippen molar-refractivity contribution in [3.05, 3.63) is 60.2 Å². The molecule has 0 bridgehead atoms. The third-order valence-electron chi connectivity index (χ3n) is 5.66.